The maximum absolute atomic E-state index is 14.2. The summed E-state index contributed by atoms with van der Waals surface area (Å²) < 4.78 is 27.2. The van der Waals surface area contributed by atoms with E-state index in [0.717, 1.165) is 22.3 Å². The fourth-order valence-corrected chi connectivity index (χ4v) is 14.1. The fraction of sp³-hybridized carbons (Fsp3) is 0.278. The summed E-state index contributed by atoms with van der Waals surface area (Å²) in [4.78, 5) is 60.9. The highest BCUT2D eigenvalue weighted by Crippen LogP contribution is 2.57. The van der Waals surface area contributed by atoms with Gasteiger partial charge in [0.2, 0.25) is 0 Å². The Morgan fingerprint density at radius 2 is 0.446 bits per heavy atom. The van der Waals surface area contributed by atoms with Crippen molar-refractivity contribution in [2.24, 2.45) is 0 Å². The molecule has 20 heteroatoms. The third-order valence-corrected chi connectivity index (χ3v) is 18.9. The van der Waals surface area contributed by atoms with Crippen LogP contribution in [0.5, 0.6) is 23.0 Å². The number of benzene rings is 8. The number of carbonyl (C=O) groups excluding carboxylic acids is 4. The number of fused-ring (bicyclic) bond motifs is 8. The van der Waals surface area contributed by atoms with Crippen LogP contribution in [0.4, 0.5) is 22.7 Å². The number of hydroxylamine groups is 4. The van der Waals surface area contributed by atoms with Gasteiger partial charge in [-0.05, 0) is 141 Å². The molecule has 0 atom stereocenters. The van der Waals surface area contributed by atoms with Gasteiger partial charge in [-0.3, -0.25) is 40.0 Å². The average Bonchev–Trinajstić information content (AvgIpc) is 0.782. The summed E-state index contributed by atoms with van der Waals surface area (Å²) in [7, 11) is 0. The first-order chi connectivity index (χ1) is 43.4. The molecule has 0 fully saturated rings. The molecule has 16 nitrogen and oxygen atoms in total. The summed E-state index contributed by atoms with van der Waals surface area (Å²) >= 11 is 5.03. The Kier molecular flexibility index (Phi) is 21.2. The third-order valence-electron chi connectivity index (χ3n) is 14.7. The molecule has 4 N–H and O–H groups in total. The van der Waals surface area contributed by atoms with Gasteiger partial charge in [-0.15, -0.1) is 0 Å². The molecule has 1 aliphatic rings. The van der Waals surface area contributed by atoms with Crippen LogP contribution >= 0.6 is 47.0 Å². The minimum atomic E-state index is -0.779. The number of nitrogens with zero attached hydrogens (tertiary/aromatic N) is 4. The Bertz CT molecular complexity index is 3370. The van der Waals surface area contributed by atoms with E-state index in [-0.39, 0.29) is 45.7 Å². The molecule has 1 aliphatic heterocycles. The van der Waals surface area contributed by atoms with E-state index in [1.54, 1.807) is 121 Å². The SMILES string of the molecule is CC(C)(C)c1cc2c(OCC(=O)N(O)c3ccccc3)c(c1)Sc1cc(C(C)(C)C)cc(c1OCC(=O)N(O)c1ccccc1)Sc1cc(C(C)(C)C)cc(c1OCC(=O)N(O)c1ccccc1)Sc1cc(C(C)(C)C)cc(c1OCC(=O)N(O)c1ccccc1)S2. The summed E-state index contributed by atoms with van der Waals surface area (Å²) in [6.07, 6.45) is 0. The molecule has 1 heterocycles. The van der Waals surface area contributed by atoms with Crippen molar-refractivity contribution in [2.45, 2.75) is 144 Å². The van der Waals surface area contributed by atoms with Crippen molar-refractivity contribution in [3.05, 3.63) is 192 Å². The smallest absolute Gasteiger partial charge is 0.288 e. The van der Waals surface area contributed by atoms with Crippen molar-refractivity contribution in [3.8, 4) is 23.0 Å². The number of hydrogen-bond acceptors (Lipinski definition) is 16. The normalized spacial score (nSPS) is 12.5. The van der Waals surface area contributed by atoms with Gasteiger partial charge in [0.1, 0.15) is 23.0 Å². The highest BCUT2D eigenvalue weighted by molar-refractivity contribution is 8.01. The van der Waals surface area contributed by atoms with E-state index < -0.39 is 71.7 Å². The first-order valence-corrected chi connectivity index (χ1v) is 33.0. The van der Waals surface area contributed by atoms with E-state index in [0.29, 0.717) is 59.4 Å². The van der Waals surface area contributed by atoms with Crippen molar-refractivity contribution >= 4 is 93.4 Å². The molecule has 8 aromatic carbocycles. The molecule has 0 spiro atoms. The minimum absolute atomic E-state index is 0.222. The van der Waals surface area contributed by atoms with Crippen LogP contribution in [0.3, 0.4) is 0 Å². The maximum Gasteiger partial charge on any atom is 0.288 e. The highest BCUT2D eigenvalue weighted by Gasteiger charge is 2.33. The van der Waals surface area contributed by atoms with Crippen molar-refractivity contribution in [2.75, 3.05) is 46.7 Å². The Hall–Kier alpha value is -7.92. The molecule has 480 valence electrons. The van der Waals surface area contributed by atoms with Crippen LogP contribution in [0.15, 0.2) is 209 Å². The topological polar surface area (TPSA) is 199 Å². The minimum Gasteiger partial charge on any atom is -0.481 e. The number of amides is 4. The van der Waals surface area contributed by atoms with Crippen LogP contribution in [0.25, 0.3) is 0 Å². The Balaban J connectivity index is 1.35. The predicted molar refractivity (Wildman–Crippen MR) is 362 cm³/mol. The molecule has 0 radical (unpaired) electrons. The molecule has 0 saturated carbocycles. The van der Waals surface area contributed by atoms with Gasteiger partial charge < -0.3 is 18.9 Å². The summed E-state index contributed by atoms with van der Waals surface area (Å²) in [5.41, 5.74) is 2.17. The van der Waals surface area contributed by atoms with Gasteiger partial charge in [-0.1, -0.05) is 203 Å². The van der Waals surface area contributed by atoms with Crippen LogP contribution in [-0.2, 0) is 40.8 Å². The zero-order valence-corrected chi connectivity index (χ0v) is 56.7. The quantitative estimate of drug-likeness (QED) is 0.0526. The van der Waals surface area contributed by atoms with Gasteiger partial charge in [0.25, 0.3) is 23.6 Å². The van der Waals surface area contributed by atoms with Gasteiger partial charge in [0.15, 0.2) is 26.4 Å². The lowest BCUT2D eigenvalue weighted by molar-refractivity contribution is -0.126. The number of hydrogen-bond donors (Lipinski definition) is 4. The molecule has 0 aliphatic carbocycles. The van der Waals surface area contributed by atoms with Crippen LogP contribution < -0.4 is 39.2 Å². The van der Waals surface area contributed by atoms with E-state index in [1.165, 1.54) is 47.0 Å². The first-order valence-electron chi connectivity index (χ1n) is 29.7. The summed E-state index contributed by atoms with van der Waals surface area (Å²) in [5, 5.41) is 47.7. The molecule has 0 unspecified atom stereocenters. The lowest BCUT2D eigenvalue weighted by Gasteiger charge is -2.28. The molecular weight excluding hydrogens is 1240 g/mol. The van der Waals surface area contributed by atoms with Gasteiger partial charge in [0.05, 0.1) is 61.9 Å². The lowest BCUT2D eigenvalue weighted by Crippen LogP contribution is -2.32. The number of para-hydroxylation sites is 4. The number of rotatable bonds is 16. The van der Waals surface area contributed by atoms with E-state index in [2.05, 4.69) is 83.1 Å². The maximum atomic E-state index is 14.2. The van der Waals surface area contributed by atoms with E-state index in [4.69, 9.17) is 18.9 Å². The lowest BCUT2D eigenvalue weighted by atomic mass is 9.87. The fourth-order valence-electron chi connectivity index (χ4n) is 9.32. The standard InChI is InChI=1S/C72H76N4O12S4/c1-69(2,3)45-33-53-65(85-41-61(77)73(81)49-25-17-13-18-26-49)54(34-45)90-56-36-47(71(7,8)9)38-58(67(56)87-43-63(79)75(83)51-29-21-15-22-30-51)92-60-40-48(72(10,11)12)39-59(68(60)88-44-64(80)76(84)52-31-23-16-24-32-52)91-57-37-46(70(4,5)6)35-55(89-53)66(57)86-42-62(78)74(82)50-27-19-14-20-28-50/h13-40,81-84H,41-44H2,1-12H3. The Morgan fingerprint density at radius 1 is 0.293 bits per heavy atom. The van der Waals surface area contributed by atoms with Gasteiger partial charge in [-0.2, -0.15) is 20.3 Å². The first kappa shape index (κ1) is 68.4. The summed E-state index contributed by atoms with van der Waals surface area (Å²) in [5.74, 6) is -2.19. The monoisotopic (exact) mass is 1320 g/mol. The van der Waals surface area contributed by atoms with Crippen LogP contribution in [0.1, 0.15) is 105 Å². The second kappa shape index (κ2) is 28.5. The Morgan fingerprint density at radius 3 is 0.587 bits per heavy atom. The number of anilines is 4. The molecule has 0 saturated heterocycles. The van der Waals surface area contributed by atoms with Gasteiger partial charge >= 0.3 is 0 Å². The molecule has 8 bridgehead atoms. The van der Waals surface area contributed by atoms with Crippen molar-refractivity contribution in [3.63, 3.8) is 0 Å². The van der Waals surface area contributed by atoms with E-state index in [9.17, 15) is 40.0 Å². The zero-order chi connectivity index (χ0) is 66.5. The van der Waals surface area contributed by atoms with Crippen molar-refractivity contribution in [1.29, 1.82) is 0 Å². The Labute approximate surface area is 554 Å². The van der Waals surface area contributed by atoms with Crippen LogP contribution in [0.2, 0.25) is 0 Å². The molecule has 0 aromatic heterocycles. The number of carbonyl (C=O) groups is 4. The molecule has 92 heavy (non-hydrogen) atoms. The number of ether oxygens (including phenoxy) is 4. The zero-order valence-electron chi connectivity index (χ0n) is 53.5. The van der Waals surface area contributed by atoms with Crippen molar-refractivity contribution < 1.29 is 59.0 Å². The molecular formula is C72H76N4O12S4. The second-order valence-corrected chi connectivity index (χ2v) is 30.3. The molecule has 4 amide bonds. The van der Waals surface area contributed by atoms with Crippen molar-refractivity contribution in [1.82, 2.24) is 0 Å². The highest BCUT2D eigenvalue weighted by atomic mass is 32.2. The largest absolute Gasteiger partial charge is 0.481 e. The van der Waals surface area contributed by atoms with Gasteiger partial charge in [0, 0.05) is 0 Å². The summed E-state index contributed by atoms with van der Waals surface area (Å²) in [6.45, 7) is 22.3. The van der Waals surface area contributed by atoms with E-state index >= 15 is 0 Å². The second-order valence-electron chi connectivity index (χ2n) is 25.9. The summed E-state index contributed by atoms with van der Waals surface area (Å²) in [6, 6.07) is 49.2. The predicted octanol–water partition coefficient (Wildman–Crippen LogP) is 17.0. The van der Waals surface area contributed by atoms with E-state index in [1.807, 2.05) is 48.5 Å². The van der Waals surface area contributed by atoms with Gasteiger partial charge in [-0.25, -0.2) is 0 Å². The van der Waals surface area contributed by atoms with Crippen LogP contribution in [-0.4, -0.2) is 70.9 Å². The molecule has 9 rings (SSSR count). The van der Waals surface area contributed by atoms with Crippen LogP contribution in [0, 0.1) is 0 Å². The third kappa shape index (κ3) is 16.6. The molecule has 8 aromatic rings. The average molecular weight is 1320 g/mol.